The maximum atomic E-state index is 13.7. The number of hydrogen-bond donors (Lipinski definition) is 2. The van der Waals surface area contributed by atoms with Crippen molar-refractivity contribution >= 4 is 5.91 Å². The number of fused-ring (bicyclic) bond motifs is 2. The van der Waals surface area contributed by atoms with E-state index >= 15 is 0 Å². The Labute approximate surface area is 149 Å². The van der Waals surface area contributed by atoms with Crippen LogP contribution in [0.25, 0.3) is 0 Å². The van der Waals surface area contributed by atoms with Gasteiger partial charge in [0.25, 0.3) is 0 Å². The van der Waals surface area contributed by atoms with E-state index in [1.807, 2.05) is 6.07 Å². The third-order valence-corrected chi connectivity index (χ3v) is 6.44. The zero-order valence-corrected chi connectivity index (χ0v) is 14.8. The van der Waals surface area contributed by atoms with E-state index in [0.29, 0.717) is 30.3 Å². The molecule has 136 valence electrons. The molecule has 1 aromatic rings. The number of carbonyl (C=O) groups excluding carboxylic acids is 1. The lowest BCUT2D eigenvalue weighted by Gasteiger charge is -2.30. The predicted molar refractivity (Wildman–Crippen MR) is 96.5 cm³/mol. The highest BCUT2D eigenvalue weighted by Gasteiger charge is 2.35. The van der Waals surface area contributed by atoms with Crippen LogP contribution in [0.3, 0.4) is 0 Å². The fraction of sp³-hybridized carbons (Fsp3) is 0.667. The molecule has 0 spiro atoms. The molecular weight excluding hydrogens is 315 g/mol. The largest absolute Gasteiger partial charge is 0.349 e. The molecule has 2 aliphatic heterocycles. The topological polar surface area (TPSA) is 41.1 Å². The summed E-state index contributed by atoms with van der Waals surface area (Å²) in [7, 11) is 0. The summed E-state index contributed by atoms with van der Waals surface area (Å²) in [4.78, 5) is 12.7. The number of benzene rings is 1. The first-order valence-electron chi connectivity index (χ1n) is 9.98. The highest BCUT2D eigenvalue weighted by molar-refractivity contribution is 5.76. The molecular formula is C21H29FN2O. The first-order valence-corrected chi connectivity index (χ1v) is 9.98. The lowest BCUT2D eigenvalue weighted by atomic mass is 9.88. The van der Waals surface area contributed by atoms with E-state index in [9.17, 15) is 9.18 Å². The zero-order chi connectivity index (χ0) is 17.2. The van der Waals surface area contributed by atoms with Crippen LogP contribution in [0.1, 0.15) is 69.4 Å². The van der Waals surface area contributed by atoms with Gasteiger partial charge in [-0.1, -0.05) is 25.0 Å². The Hall–Kier alpha value is -1.42. The van der Waals surface area contributed by atoms with Gasteiger partial charge in [-0.3, -0.25) is 4.79 Å². The lowest BCUT2D eigenvalue weighted by molar-refractivity contribution is -0.123. The van der Waals surface area contributed by atoms with Gasteiger partial charge in [0.1, 0.15) is 5.82 Å². The van der Waals surface area contributed by atoms with Crippen molar-refractivity contribution in [2.24, 2.45) is 11.8 Å². The van der Waals surface area contributed by atoms with Gasteiger partial charge in [0, 0.05) is 18.5 Å². The molecule has 3 atom stereocenters. The number of halogens is 1. The Bertz CT molecular complexity index is 602. The third-order valence-electron chi connectivity index (χ3n) is 6.44. The van der Waals surface area contributed by atoms with E-state index in [-0.39, 0.29) is 17.8 Å². The number of rotatable bonds is 5. The van der Waals surface area contributed by atoms with E-state index in [2.05, 4.69) is 10.6 Å². The second-order valence-corrected chi connectivity index (χ2v) is 8.32. The summed E-state index contributed by atoms with van der Waals surface area (Å²) in [6, 6.07) is 7.97. The molecule has 2 N–H and O–H groups in total. The van der Waals surface area contributed by atoms with E-state index in [0.717, 1.165) is 31.2 Å². The van der Waals surface area contributed by atoms with E-state index in [1.54, 1.807) is 12.1 Å². The number of hydrogen-bond acceptors (Lipinski definition) is 2. The van der Waals surface area contributed by atoms with Crippen molar-refractivity contribution in [1.82, 2.24) is 10.6 Å². The van der Waals surface area contributed by atoms with Crippen LogP contribution in [0, 0.1) is 17.7 Å². The second-order valence-electron chi connectivity index (χ2n) is 8.32. The minimum absolute atomic E-state index is 0.0378. The molecule has 1 aliphatic carbocycles. The van der Waals surface area contributed by atoms with E-state index in [1.165, 1.54) is 31.7 Å². The van der Waals surface area contributed by atoms with Crippen molar-refractivity contribution in [2.75, 3.05) is 0 Å². The molecule has 3 fully saturated rings. The molecule has 0 radical (unpaired) electrons. The van der Waals surface area contributed by atoms with Gasteiger partial charge in [-0.15, -0.1) is 0 Å². The van der Waals surface area contributed by atoms with Crippen LogP contribution in [0.15, 0.2) is 24.3 Å². The molecule has 3 nitrogen and oxygen atoms in total. The Morgan fingerprint density at radius 3 is 2.56 bits per heavy atom. The second kappa shape index (κ2) is 7.45. The number of piperidine rings is 1. The van der Waals surface area contributed by atoms with Crippen LogP contribution < -0.4 is 10.6 Å². The van der Waals surface area contributed by atoms with Crippen LogP contribution in [0.5, 0.6) is 0 Å². The lowest BCUT2D eigenvalue weighted by Crippen LogP contribution is -2.40. The summed E-state index contributed by atoms with van der Waals surface area (Å²) in [5.41, 5.74) is 0.922. The predicted octanol–water partition coefficient (Wildman–Crippen LogP) is 4.09. The minimum atomic E-state index is -0.218. The van der Waals surface area contributed by atoms with Gasteiger partial charge in [0.2, 0.25) is 5.91 Å². The first kappa shape index (κ1) is 17.0. The van der Waals surface area contributed by atoms with Crippen LogP contribution in [-0.2, 0) is 4.79 Å². The van der Waals surface area contributed by atoms with Gasteiger partial charge in [-0.25, -0.2) is 4.39 Å². The quantitative estimate of drug-likeness (QED) is 0.844. The molecule has 2 bridgehead atoms. The van der Waals surface area contributed by atoms with Crippen molar-refractivity contribution in [2.45, 2.75) is 75.9 Å². The number of amides is 1. The normalized spacial score (nSPS) is 30.4. The Morgan fingerprint density at radius 2 is 1.88 bits per heavy atom. The van der Waals surface area contributed by atoms with Crippen molar-refractivity contribution in [1.29, 1.82) is 0 Å². The average molecular weight is 344 g/mol. The van der Waals surface area contributed by atoms with E-state index in [4.69, 9.17) is 0 Å². The monoisotopic (exact) mass is 344 g/mol. The molecule has 3 unspecified atom stereocenters. The summed E-state index contributed by atoms with van der Waals surface area (Å²) in [6.45, 7) is 0. The molecule has 2 saturated heterocycles. The summed E-state index contributed by atoms with van der Waals surface area (Å²) in [6.07, 6.45) is 10.1. The molecule has 0 aromatic heterocycles. The summed E-state index contributed by atoms with van der Waals surface area (Å²) >= 11 is 0. The fourth-order valence-electron chi connectivity index (χ4n) is 5.30. The number of carbonyl (C=O) groups is 1. The molecule has 1 saturated carbocycles. The zero-order valence-electron chi connectivity index (χ0n) is 14.8. The van der Waals surface area contributed by atoms with Crippen molar-refractivity contribution in [3.05, 3.63) is 35.6 Å². The van der Waals surface area contributed by atoms with Crippen LogP contribution >= 0.6 is 0 Å². The Kier molecular flexibility index (Phi) is 5.07. The number of nitrogens with one attached hydrogen (secondary N) is 2. The minimum Gasteiger partial charge on any atom is -0.349 e. The van der Waals surface area contributed by atoms with Crippen molar-refractivity contribution < 1.29 is 9.18 Å². The van der Waals surface area contributed by atoms with Crippen LogP contribution in [0.4, 0.5) is 4.39 Å². The van der Waals surface area contributed by atoms with Gasteiger partial charge in [-0.2, -0.15) is 0 Å². The summed E-state index contributed by atoms with van der Waals surface area (Å²) in [5, 5.41) is 6.91. The molecule has 4 heteroatoms. The third kappa shape index (κ3) is 4.05. The highest BCUT2D eigenvalue weighted by atomic mass is 19.1. The molecule has 1 amide bonds. The summed E-state index contributed by atoms with van der Waals surface area (Å²) in [5.74, 6) is 0.863. The van der Waals surface area contributed by atoms with E-state index < -0.39 is 0 Å². The van der Waals surface area contributed by atoms with Gasteiger partial charge < -0.3 is 10.6 Å². The van der Waals surface area contributed by atoms with Gasteiger partial charge in [-0.05, 0) is 68.1 Å². The highest BCUT2D eigenvalue weighted by Crippen LogP contribution is 2.37. The van der Waals surface area contributed by atoms with Gasteiger partial charge in [0.05, 0.1) is 6.04 Å². The Balaban J connectivity index is 1.42. The van der Waals surface area contributed by atoms with Crippen LogP contribution in [0.2, 0.25) is 0 Å². The van der Waals surface area contributed by atoms with Crippen LogP contribution in [-0.4, -0.2) is 18.0 Å². The fourth-order valence-corrected chi connectivity index (χ4v) is 5.30. The smallest absolute Gasteiger partial charge is 0.220 e. The maximum Gasteiger partial charge on any atom is 0.220 e. The molecule has 1 aromatic carbocycles. The van der Waals surface area contributed by atoms with Crippen molar-refractivity contribution in [3.8, 4) is 0 Å². The van der Waals surface area contributed by atoms with Gasteiger partial charge in [0.15, 0.2) is 0 Å². The standard InChI is InChI=1S/C21H29FN2O/c22-17-7-3-6-16(13-17)21(15-4-1-2-5-15)24-20(25)12-14-10-18-8-9-19(11-14)23-18/h3,6-7,13-15,18-19,21,23H,1-2,4-5,8-12H2,(H,24,25). The van der Waals surface area contributed by atoms with Gasteiger partial charge >= 0.3 is 0 Å². The summed E-state index contributed by atoms with van der Waals surface area (Å²) < 4.78 is 13.7. The van der Waals surface area contributed by atoms with Crippen molar-refractivity contribution in [3.63, 3.8) is 0 Å². The average Bonchev–Trinajstić information content (AvgIpc) is 3.22. The molecule has 25 heavy (non-hydrogen) atoms. The molecule has 3 aliphatic rings. The maximum absolute atomic E-state index is 13.7. The molecule has 2 heterocycles. The first-order chi connectivity index (χ1) is 12.2. The Morgan fingerprint density at radius 1 is 1.16 bits per heavy atom. The SMILES string of the molecule is O=C(CC1CC2CCC(C1)N2)NC(c1cccc(F)c1)C1CCCC1. The molecule has 4 rings (SSSR count).